The van der Waals surface area contributed by atoms with Crippen LogP contribution in [0.2, 0.25) is 0 Å². The lowest BCUT2D eigenvalue weighted by Crippen LogP contribution is -2.08. The molecule has 0 atom stereocenters. The first kappa shape index (κ1) is 13.2. The quantitative estimate of drug-likeness (QED) is 0.790. The van der Waals surface area contributed by atoms with Crippen molar-refractivity contribution in [3.8, 4) is 5.75 Å². The summed E-state index contributed by atoms with van der Waals surface area (Å²) in [5.74, 6) is 0.264. The molecule has 4 nitrogen and oxygen atoms in total. The van der Waals surface area contributed by atoms with Gasteiger partial charge < -0.3 is 4.74 Å². The number of halogens is 1. The summed E-state index contributed by atoms with van der Waals surface area (Å²) < 4.78 is 20.9. The van der Waals surface area contributed by atoms with Crippen LogP contribution in [0.15, 0.2) is 24.4 Å². The van der Waals surface area contributed by atoms with E-state index >= 15 is 0 Å². The lowest BCUT2D eigenvalue weighted by molar-refractivity contribution is 0.299. The van der Waals surface area contributed by atoms with Gasteiger partial charge in [0.1, 0.15) is 31.7 Å². The Kier molecular flexibility index (Phi) is 3.71. The maximum atomic E-state index is 13.4. The van der Waals surface area contributed by atoms with E-state index in [1.807, 2.05) is 10.9 Å². The zero-order valence-electron chi connectivity index (χ0n) is 11.6. The highest BCUT2D eigenvalue weighted by Crippen LogP contribution is 2.28. The van der Waals surface area contributed by atoms with Gasteiger partial charge in [0.2, 0.25) is 0 Å². The van der Waals surface area contributed by atoms with Gasteiger partial charge in [0.05, 0.1) is 12.2 Å². The number of nitrogens with zero attached hydrogens (tertiary/aromatic N) is 3. The summed E-state index contributed by atoms with van der Waals surface area (Å²) in [6, 6.07) is 5.35. The molecule has 1 heterocycles. The smallest absolute Gasteiger partial charge is 0.143 e. The van der Waals surface area contributed by atoms with Crippen molar-refractivity contribution in [3.63, 3.8) is 0 Å². The number of benzene rings is 1. The predicted molar refractivity (Wildman–Crippen MR) is 76.4 cm³/mol. The molecule has 0 amide bonds. The average molecular weight is 273 g/mol. The molecule has 104 valence electrons. The van der Waals surface area contributed by atoms with Gasteiger partial charge in [0, 0.05) is 6.07 Å². The Labute approximate surface area is 118 Å². The Bertz CT molecular complexity index is 596. The number of ether oxygens (including phenoxy) is 1. The standard InChI is InChI=1S/C14H17BFN3O/c15-13-6-5-12(7-14(13)16)20-9-10-8-19(18-17-10)11-3-1-2-4-11/h5-8,11H,1-4,9,15H2. The van der Waals surface area contributed by atoms with Crippen LogP contribution in [-0.4, -0.2) is 22.8 Å². The molecule has 1 fully saturated rings. The van der Waals surface area contributed by atoms with Gasteiger partial charge in [-0.1, -0.05) is 29.6 Å². The molecule has 0 N–H and O–H groups in total. The predicted octanol–water partition coefficient (Wildman–Crippen LogP) is 1.37. The van der Waals surface area contributed by atoms with Gasteiger partial charge in [-0.25, -0.2) is 9.07 Å². The first-order valence-corrected chi connectivity index (χ1v) is 7.02. The van der Waals surface area contributed by atoms with Gasteiger partial charge in [0.25, 0.3) is 0 Å². The van der Waals surface area contributed by atoms with Gasteiger partial charge in [-0.3, -0.25) is 0 Å². The Balaban J connectivity index is 1.61. The molecule has 0 saturated heterocycles. The molecule has 1 aliphatic carbocycles. The minimum absolute atomic E-state index is 0.253. The van der Waals surface area contributed by atoms with Crippen LogP contribution in [0.4, 0.5) is 4.39 Å². The van der Waals surface area contributed by atoms with Gasteiger partial charge in [-0.2, -0.15) is 0 Å². The van der Waals surface area contributed by atoms with E-state index in [-0.39, 0.29) is 5.82 Å². The lowest BCUT2D eigenvalue weighted by atomic mass is 9.96. The van der Waals surface area contributed by atoms with E-state index in [0.717, 1.165) is 5.69 Å². The van der Waals surface area contributed by atoms with E-state index in [0.29, 0.717) is 23.9 Å². The van der Waals surface area contributed by atoms with Gasteiger partial charge in [-0.05, 0) is 18.9 Å². The normalized spacial score (nSPS) is 15.7. The third-order valence-corrected chi connectivity index (χ3v) is 3.79. The second kappa shape index (κ2) is 5.65. The van der Waals surface area contributed by atoms with E-state index in [1.165, 1.54) is 31.7 Å². The van der Waals surface area contributed by atoms with E-state index in [4.69, 9.17) is 4.74 Å². The van der Waals surface area contributed by atoms with Crippen LogP contribution in [0.5, 0.6) is 5.75 Å². The van der Waals surface area contributed by atoms with Gasteiger partial charge in [-0.15, -0.1) is 5.10 Å². The zero-order chi connectivity index (χ0) is 13.9. The van der Waals surface area contributed by atoms with Crippen LogP contribution in [0.1, 0.15) is 37.4 Å². The van der Waals surface area contributed by atoms with Crippen molar-refractivity contribution in [3.05, 3.63) is 35.9 Å². The van der Waals surface area contributed by atoms with Crippen molar-refractivity contribution < 1.29 is 9.13 Å². The number of hydrogen-bond donors (Lipinski definition) is 0. The molecule has 6 heteroatoms. The Morgan fingerprint density at radius 1 is 1.35 bits per heavy atom. The minimum Gasteiger partial charge on any atom is -0.487 e. The highest BCUT2D eigenvalue weighted by atomic mass is 19.1. The monoisotopic (exact) mass is 273 g/mol. The van der Waals surface area contributed by atoms with Crippen LogP contribution in [-0.2, 0) is 6.61 Å². The molecular weight excluding hydrogens is 256 g/mol. The third-order valence-electron chi connectivity index (χ3n) is 3.79. The molecular formula is C14H17BFN3O. The summed E-state index contributed by atoms with van der Waals surface area (Å²) >= 11 is 0. The SMILES string of the molecule is Bc1ccc(OCc2cn(C3CCCC3)nn2)cc1F. The fraction of sp³-hybridized carbons (Fsp3) is 0.429. The molecule has 0 unspecified atom stereocenters. The minimum atomic E-state index is -0.253. The summed E-state index contributed by atoms with van der Waals surface area (Å²) in [5.41, 5.74) is 1.39. The summed E-state index contributed by atoms with van der Waals surface area (Å²) in [7, 11) is 1.73. The van der Waals surface area contributed by atoms with Gasteiger partial charge >= 0.3 is 0 Å². The topological polar surface area (TPSA) is 39.9 Å². The Hall–Kier alpha value is -1.85. The van der Waals surface area contributed by atoms with E-state index in [9.17, 15) is 4.39 Å². The lowest BCUT2D eigenvalue weighted by Gasteiger charge is -2.07. The molecule has 1 saturated carbocycles. The summed E-state index contributed by atoms with van der Waals surface area (Å²) in [6.07, 6.45) is 6.80. The van der Waals surface area contributed by atoms with Crippen molar-refractivity contribution in [2.24, 2.45) is 0 Å². The molecule has 1 aliphatic rings. The van der Waals surface area contributed by atoms with Crippen molar-refractivity contribution >= 4 is 13.3 Å². The Morgan fingerprint density at radius 2 is 2.15 bits per heavy atom. The molecule has 1 aromatic heterocycles. The molecule has 0 bridgehead atoms. The summed E-state index contributed by atoms with van der Waals surface area (Å²) in [5, 5.41) is 8.26. The van der Waals surface area contributed by atoms with Crippen LogP contribution >= 0.6 is 0 Å². The van der Waals surface area contributed by atoms with E-state index < -0.39 is 0 Å². The maximum Gasteiger partial charge on any atom is 0.143 e. The molecule has 0 radical (unpaired) electrons. The third kappa shape index (κ3) is 2.84. The summed E-state index contributed by atoms with van der Waals surface area (Å²) in [4.78, 5) is 0. The number of rotatable bonds is 4. The van der Waals surface area contributed by atoms with Crippen molar-refractivity contribution in [2.75, 3.05) is 0 Å². The largest absolute Gasteiger partial charge is 0.487 e. The fourth-order valence-corrected chi connectivity index (χ4v) is 2.55. The maximum absolute atomic E-state index is 13.4. The van der Waals surface area contributed by atoms with Crippen LogP contribution in [0, 0.1) is 5.82 Å². The second-order valence-corrected chi connectivity index (χ2v) is 5.33. The second-order valence-electron chi connectivity index (χ2n) is 5.33. The van der Waals surface area contributed by atoms with E-state index in [2.05, 4.69) is 10.3 Å². The molecule has 20 heavy (non-hydrogen) atoms. The highest BCUT2D eigenvalue weighted by molar-refractivity contribution is 6.32. The molecule has 0 spiro atoms. The highest BCUT2D eigenvalue weighted by Gasteiger charge is 2.18. The molecule has 3 rings (SSSR count). The number of aromatic nitrogens is 3. The van der Waals surface area contributed by atoms with Crippen molar-refractivity contribution in [1.82, 2.24) is 15.0 Å². The van der Waals surface area contributed by atoms with Gasteiger partial charge in [0.15, 0.2) is 0 Å². The number of hydrogen-bond acceptors (Lipinski definition) is 3. The average Bonchev–Trinajstić information content (AvgIpc) is 3.09. The zero-order valence-corrected chi connectivity index (χ0v) is 11.6. The molecule has 2 aromatic rings. The van der Waals surface area contributed by atoms with Crippen LogP contribution < -0.4 is 10.2 Å². The fourth-order valence-electron chi connectivity index (χ4n) is 2.55. The first-order valence-electron chi connectivity index (χ1n) is 7.02. The Morgan fingerprint density at radius 3 is 2.90 bits per heavy atom. The molecule has 0 aliphatic heterocycles. The first-order chi connectivity index (χ1) is 9.72. The van der Waals surface area contributed by atoms with Crippen LogP contribution in [0.25, 0.3) is 0 Å². The van der Waals surface area contributed by atoms with Crippen molar-refractivity contribution in [2.45, 2.75) is 38.3 Å². The van der Waals surface area contributed by atoms with Crippen LogP contribution in [0.3, 0.4) is 0 Å². The molecule has 1 aromatic carbocycles. The van der Waals surface area contributed by atoms with E-state index in [1.54, 1.807) is 20.0 Å². The van der Waals surface area contributed by atoms with Crippen molar-refractivity contribution in [1.29, 1.82) is 0 Å². The summed E-state index contributed by atoms with van der Waals surface area (Å²) in [6.45, 7) is 0.315.